The van der Waals surface area contributed by atoms with Crippen molar-refractivity contribution >= 4 is 28.2 Å². The summed E-state index contributed by atoms with van der Waals surface area (Å²) >= 11 is 6.46. The van der Waals surface area contributed by atoms with Crippen LogP contribution in [0.5, 0.6) is 0 Å². The van der Waals surface area contributed by atoms with Gasteiger partial charge in [-0.2, -0.15) is 0 Å². The molecule has 0 saturated heterocycles. The number of nitrogens with zero attached hydrogens (tertiary/aromatic N) is 1. The molecule has 0 radical (unpaired) electrons. The fourth-order valence-electron chi connectivity index (χ4n) is 3.78. The molecule has 3 aromatic carbocycles. The molecule has 1 atom stereocenters. The van der Waals surface area contributed by atoms with E-state index >= 15 is 0 Å². The maximum Gasteiger partial charge on any atom is 0.146 e. The molecular weight excluding hydrogens is 449 g/mol. The second-order valence-electron chi connectivity index (χ2n) is 7.98. The van der Waals surface area contributed by atoms with Crippen molar-refractivity contribution in [3.8, 4) is 11.1 Å². The van der Waals surface area contributed by atoms with Crippen molar-refractivity contribution in [2.75, 3.05) is 18.7 Å². The van der Waals surface area contributed by atoms with Crippen LogP contribution in [0.15, 0.2) is 72.9 Å². The third-order valence-electron chi connectivity index (χ3n) is 5.75. The van der Waals surface area contributed by atoms with Gasteiger partial charge in [0.15, 0.2) is 0 Å². The molecule has 1 aromatic heterocycles. The highest BCUT2D eigenvalue weighted by Gasteiger charge is 2.29. The van der Waals surface area contributed by atoms with E-state index in [1.165, 1.54) is 18.2 Å². The molecule has 0 aliphatic rings. The Labute approximate surface area is 194 Å². The molecule has 33 heavy (non-hydrogen) atoms. The Morgan fingerprint density at radius 3 is 2.33 bits per heavy atom. The number of anilines is 1. The Hall–Kier alpha value is -3.09. The second kappa shape index (κ2) is 9.41. The maximum atomic E-state index is 14.3. The summed E-state index contributed by atoms with van der Waals surface area (Å²) in [6.45, 7) is -0.573. The van der Waals surface area contributed by atoms with Crippen LogP contribution in [-0.4, -0.2) is 23.4 Å². The predicted molar refractivity (Wildman–Crippen MR) is 126 cm³/mol. The van der Waals surface area contributed by atoms with Crippen molar-refractivity contribution in [3.63, 3.8) is 0 Å². The second-order valence-corrected chi connectivity index (χ2v) is 8.38. The molecule has 0 fully saturated rings. The van der Waals surface area contributed by atoms with Crippen molar-refractivity contribution in [3.05, 3.63) is 94.9 Å². The molecule has 0 saturated carbocycles. The molecule has 1 unspecified atom stereocenters. The van der Waals surface area contributed by atoms with Gasteiger partial charge in [0.25, 0.3) is 0 Å². The van der Waals surface area contributed by atoms with Gasteiger partial charge < -0.3 is 10.4 Å². The van der Waals surface area contributed by atoms with E-state index in [-0.39, 0.29) is 17.4 Å². The first-order valence-corrected chi connectivity index (χ1v) is 10.8. The highest BCUT2D eigenvalue weighted by molar-refractivity contribution is 6.34. The average Bonchev–Trinajstić information content (AvgIpc) is 2.85. The van der Waals surface area contributed by atoms with Gasteiger partial charge in [0.05, 0.1) is 22.3 Å². The summed E-state index contributed by atoms with van der Waals surface area (Å²) in [5.41, 5.74) is 1.48. The van der Waals surface area contributed by atoms with Gasteiger partial charge in [-0.3, -0.25) is 4.98 Å². The van der Waals surface area contributed by atoms with Gasteiger partial charge in [-0.15, -0.1) is 0 Å². The van der Waals surface area contributed by atoms with Crippen LogP contribution in [-0.2, 0) is 5.60 Å². The molecule has 0 aliphatic carbocycles. The summed E-state index contributed by atoms with van der Waals surface area (Å²) in [4.78, 5) is 4.38. The lowest BCUT2D eigenvalue weighted by Gasteiger charge is -2.22. The number of nitrogens with one attached hydrogen (secondary N) is 1. The zero-order valence-electron chi connectivity index (χ0n) is 17.8. The predicted octanol–water partition coefficient (Wildman–Crippen LogP) is 6.99. The lowest BCUT2D eigenvalue weighted by atomic mass is 9.94. The quantitative estimate of drug-likeness (QED) is 0.306. The topological polar surface area (TPSA) is 45.2 Å². The zero-order valence-corrected chi connectivity index (χ0v) is 18.6. The van der Waals surface area contributed by atoms with Gasteiger partial charge in [0.1, 0.15) is 24.8 Å². The molecule has 170 valence electrons. The third-order valence-corrected chi connectivity index (χ3v) is 6.04. The fourth-order valence-corrected chi connectivity index (χ4v) is 3.98. The van der Waals surface area contributed by atoms with Gasteiger partial charge >= 0.3 is 0 Å². The summed E-state index contributed by atoms with van der Waals surface area (Å²) in [6, 6.07) is 18.2. The van der Waals surface area contributed by atoms with Crippen LogP contribution in [0.2, 0.25) is 5.02 Å². The van der Waals surface area contributed by atoms with Crippen LogP contribution in [0.25, 0.3) is 22.0 Å². The largest absolute Gasteiger partial charge is 0.380 e. The summed E-state index contributed by atoms with van der Waals surface area (Å²) in [7, 11) is 0. The number of pyridine rings is 1. The summed E-state index contributed by atoms with van der Waals surface area (Å²) < 4.78 is 40.5. The van der Waals surface area contributed by atoms with Crippen LogP contribution in [0, 0.1) is 5.82 Å². The molecule has 4 rings (SSSR count). The minimum absolute atomic E-state index is 0.169. The summed E-state index contributed by atoms with van der Waals surface area (Å²) in [6.07, 6.45) is 1.55. The van der Waals surface area contributed by atoms with Crippen LogP contribution in [0.1, 0.15) is 24.1 Å². The van der Waals surface area contributed by atoms with E-state index < -0.39 is 19.0 Å². The van der Waals surface area contributed by atoms with Crippen molar-refractivity contribution in [2.24, 2.45) is 0 Å². The Kier molecular flexibility index (Phi) is 6.58. The molecule has 1 heterocycles. The van der Waals surface area contributed by atoms with E-state index in [0.717, 1.165) is 16.5 Å². The Bertz CT molecular complexity index is 1280. The van der Waals surface area contributed by atoms with E-state index in [1.54, 1.807) is 36.5 Å². The van der Waals surface area contributed by atoms with Crippen LogP contribution in [0.3, 0.4) is 0 Å². The zero-order chi connectivity index (χ0) is 23.6. The molecule has 0 spiro atoms. The number of benzene rings is 3. The van der Waals surface area contributed by atoms with Gasteiger partial charge in [0.2, 0.25) is 0 Å². The molecule has 4 aromatic rings. The van der Waals surface area contributed by atoms with E-state index in [0.29, 0.717) is 21.8 Å². The number of hydrogen-bond donors (Lipinski definition) is 2. The molecule has 0 amide bonds. The van der Waals surface area contributed by atoms with E-state index in [1.807, 2.05) is 25.1 Å². The Morgan fingerprint density at radius 1 is 1.00 bits per heavy atom. The Morgan fingerprint density at radius 2 is 1.67 bits per heavy atom. The molecular formula is C26H22ClF3N2O. The van der Waals surface area contributed by atoms with Gasteiger partial charge in [-0.05, 0) is 41.8 Å². The lowest BCUT2D eigenvalue weighted by molar-refractivity contribution is -0.0111. The monoisotopic (exact) mass is 470 g/mol. The highest BCUT2D eigenvalue weighted by atomic mass is 35.5. The maximum absolute atomic E-state index is 14.3. The van der Waals surface area contributed by atoms with Gasteiger partial charge in [-0.1, -0.05) is 60.1 Å². The van der Waals surface area contributed by atoms with Gasteiger partial charge in [0, 0.05) is 17.1 Å². The molecule has 3 nitrogen and oxygen atoms in total. The third kappa shape index (κ3) is 4.54. The van der Waals surface area contributed by atoms with E-state index in [2.05, 4.69) is 10.3 Å². The number of aliphatic hydroxyl groups is 1. The van der Waals surface area contributed by atoms with Gasteiger partial charge in [-0.25, -0.2) is 13.2 Å². The Balaban J connectivity index is 1.72. The number of fused-ring (bicyclic) bond motifs is 1. The van der Waals surface area contributed by atoms with Crippen LogP contribution in [0.4, 0.5) is 18.9 Å². The smallest absolute Gasteiger partial charge is 0.146 e. The average molecular weight is 471 g/mol. The standard InChI is InChI=1S/C26H22ClF3N2O/c1-16(20-4-2-3-5-23(20)30)32-25-21-12-18(8-11-24(21)31-13-22(25)27)17-6-9-19(10-7-17)26(33,14-28)15-29/h2-13,16,33H,14-15H2,1H3,(H,31,32). The van der Waals surface area contributed by atoms with Crippen molar-refractivity contribution < 1.29 is 18.3 Å². The van der Waals surface area contributed by atoms with E-state index in [4.69, 9.17) is 11.6 Å². The minimum atomic E-state index is -2.14. The van der Waals surface area contributed by atoms with Crippen LogP contribution < -0.4 is 5.32 Å². The first-order valence-electron chi connectivity index (χ1n) is 10.4. The summed E-state index contributed by atoms with van der Waals surface area (Å²) in [5.74, 6) is -0.311. The molecule has 7 heteroatoms. The van der Waals surface area contributed by atoms with Crippen molar-refractivity contribution in [2.45, 2.75) is 18.6 Å². The van der Waals surface area contributed by atoms with E-state index in [9.17, 15) is 18.3 Å². The number of alkyl halides is 2. The van der Waals surface area contributed by atoms with Crippen molar-refractivity contribution in [1.29, 1.82) is 0 Å². The number of aromatic nitrogens is 1. The molecule has 0 aliphatic heterocycles. The summed E-state index contributed by atoms with van der Waals surface area (Å²) in [5, 5.41) is 14.5. The SMILES string of the molecule is CC(Nc1c(Cl)cnc2ccc(-c3ccc(C(O)(CF)CF)cc3)cc12)c1ccccc1F. The highest BCUT2D eigenvalue weighted by Crippen LogP contribution is 2.36. The lowest BCUT2D eigenvalue weighted by Crippen LogP contribution is -2.30. The molecule has 2 N–H and O–H groups in total. The first kappa shape index (κ1) is 23.1. The number of rotatable bonds is 7. The fraction of sp³-hybridized carbons (Fsp3) is 0.192. The van der Waals surface area contributed by atoms with Crippen LogP contribution >= 0.6 is 11.6 Å². The normalized spacial score (nSPS) is 12.7. The number of halogens is 4. The minimum Gasteiger partial charge on any atom is -0.380 e. The number of hydrogen-bond acceptors (Lipinski definition) is 3. The molecule has 0 bridgehead atoms. The van der Waals surface area contributed by atoms with Crippen molar-refractivity contribution in [1.82, 2.24) is 4.98 Å². The first-order chi connectivity index (χ1) is 15.9.